The van der Waals surface area contributed by atoms with Crippen LogP contribution in [0.2, 0.25) is 0 Å². The monoisotopic (exact) mass is 239 g/mol. The fraction of sp³-hybridized carbons (Fsp3) is 0.583. The van der Waals surface area contributed by atoms with Crippen molar-refractivity contribution in [1.82, 2.24) is 0 Å². The summed E-state index contributed by atoms with van der Waals surface area (Å²) in [6, 6.07) is 2.20. The van der Waals surface area contributed by atoms with Crippen LogP contribution in [0.4, 0.5) is 0 Å². The third-order valence-corrected chi connectivity index (χ3v) is 4.39. The van der Waals surface area contributed by atoms with Gasteiger partial charge in [0.15, 0.2) is 0 Å². The molecule has 1 aliphatic carbocycles. The lowest BCUT2D eigenvalue weighted by Crippen LogP contribution is -2.11. The van der Waals surface area contributed by atoms with Crippen LogP contribution in [0.25, 0.3) is 0 Å². The van der Waals surface area contributed by atoms with Crippen LogP contribution in [0.3, 0.4) is 0 Å². The standard InChI is InChI=1S/C12H17NO2S/c1-15-12(14)6-5-9(13)11-7-8-3-2-4-10(8)16-11/h7,9H,2-6,13H2,1H3. The van der Waals surface area contributed by atoms with Crippen LogP contribution in [0, 0.1) is 0 Å². The smallest absolute Gasteiger partial charge is 0.305 e. The fourth-order valence-corrected chi connectivity index (χ4v) is 3.35. The Labute approximate surface area is 99.6 Å². The minimum atomic E-state index is -0.181. The van der Waals surface area contributed by atoms with E-state index < -0.39 is 0 Å². The van der Waals surface area contributed by atoms with Gasteiger partial charge < -0.3 is 10.5 Å². The fourth-order valence-electron chi connectivity index (χ4n) is 2.05. The van der Waals surface area contributed by atoms with Crippen LogP contribution >= 0.6 is 11.3 Å². The molecule has 3 nitrogen and oxygen atoms in total. The largest absolute Gasteiger partial charge is 0.469 e. The molecule has 1 aromatic rings. The summed E-state index contributed by atoms with van der Waals surface area (Å²) in [7, 11) is 1.41. The summed E-state index contributed by atoms with van der Waals surface area (Å²) >= 11 is 1.81. The van der Waals surface area contributed by atoms with E-state index in [0.29, 0.717) is 12.8 Å². The maximum absolute atomic E-state index is 11.0. The summed E-state index contributed by atoms with van der Waals surface area (Å²) in [5.41, 5.74) is 7.53. The number of rotatable bonds is 4. The predicted octanol–water partition coefficient (Wildman–Crippen LogP) is 2.19. The third kappa shape index (κ3) is 2.44. The molecule has 16 heavy (non-hydrogen) atoms. The van der Waals surface area contributed by atoms with Gasteiger partial charge in [-0.25, -0.2) is 0 Å². The molecular weight excluding hydrogens is 222 g/mol. The summed E-state index contributed by atoms with van der Waals surface area (Å²) in [6.07, 6.45) is 4.74. The first-order chi connectivity index (χ1) is 7.70. The number of aryl methyl sites for hydroxylation is 2. The second-order valence-corrected chi connectivity index (χ2v) is 5.34. The molecule has 1 heterocycles. The summed E-state index contributed by atoms with van der Waals surface area (Å²) in [4.78, 5) is 13.7. The topological polar surface area (TPSA) is 52.3 Å². The zero-order valence-corrected chi connectivity index (χ0v) is 10.3. The molecule has 1 aliphatic rings. The van der Waals surface area contributed by atoms with Crippen molar-refractivity contribution < 1.29 is 9.53 Å². The number of nitrogens with two attached hydrogens (primary N) is 1. The van der Waals surface area contributed by atoms with Gasteiger partial charge in [0, 0.05) is 22.2 Å². The molecule has 88 valence electrons. The molecule has 0 amide bonds. The highest BCUT2D eigenvalue weighted by molar-refractivity contribution is 7.12. The maximum atomic E-state index is 11.0. The summed E-state index contributed by atoms with van der Waals surface area (Å²) in [6.45, 7) is 0. The molecule has 0 aromatic carbocycles. The summed E-state index contributed by atoms with van der Waals surface area (Å²) in [5, 5.41) is 0. The lowest BCUT2D eigenvalue weighted by Gasteiger charge is -2.08. The van der Waals surface area contributed by atoms with E-state index in [1.165, 1.54) is 41.7 Å². The van der Waals surface area contributed by atoms with Gasteiger partial charge in [-0.1, -0.05) is 0 Å². The highest BCUT2D eigenvalue weighted by Gasteiger charge is 2.18. The molecule has 0 bridgehead atoms. The van der Waals surface area contributed by atoms with Gasteiger partial charge in [-0.05, 0) is 37.3 Å². The van der Waals surface area contributed by atoms with Crippen LogP contribution in [-0.4, -0.2) is 13.1 Å². The molecule has 0 radical (unpaired) electrons. The molecule has 1 atom stereocenters. The first-order valence-electron chi connectivity index (χ1n) is 5.64. The van der Waals surface area contributed by atoms with E-state index in [2.05, 4.69) is 10.8 Å². The average Bonchev–Trinajstić information content (AvgIpc) is 2.85. The average molecular weight is 239 g/mol. The van der Waals surface area contributed by atoms with Crippen LogP contribution in [0.1, 0.15) is 40.6 Å². The number of fused-ring (bicyclic) bond motifs is 1. The number of esters is 1. The highest BCUT2D eigenvalue weighted by atomic mass is 32.1. The van der Waals surface area contributed by atoms with Gasteiger partial charge in [-0.3, -0.25) is 4.79 Å². The van der Waals surface area contributed by atoms with Crippen LogP contribution in [0.15, 0.2) is 6.07 Å². The second-order valence-electron chi connectivity index (χ2n) is 4.17. The molecule has 2 N–H and O–H groups in total. The van der Waals surface area contributed by atoms with E-state index >= 15 is 0 Å². The number of carbonyl (C=O) groups excluding carboxylic acids is 1. The van der Waals surface area contributed by atoms with Crippen molar-refractivity contribution in [3.8, 4) is 0 Å². The third-order valence-electron chi connectivity index (χ3n) is 3.02. The van der Waals surface area contributed by atoms with Crippen LogP contribution in [0.5, 0.6) is 0 Å². The zero-order chi connectivity index (χ0) is 11.5. The molecule has 2 rings (SSSR count). The Morgan fingerprint density at radius 2 is 2.44 bits per heavy atom. The van der Waals surface area contributed by atoms with Crippen LogP contribution < -0.4 is 5.73 Å². The minimum absolute atomic E-state index is 0.0188. The first kappa shape index (κ1) is 11.6. The number of carbonyl (C=O) groups is 1. The Morgan fingerprint density at radius 1 is 1.62 bits per heavy atom. The van der Waals surface area contributed by atoms with Crippen molar-refractivity contribution >= 4 is 17.3 Å². The zero-order valence-electron chi connectivity index (χ0n) is 9.49. The Balaban J connectivity index is 1.93. The molecule has 0 saturated heterocycles. The lowest BCUT2D eigenvalue weighted by atomic mass is 10.1. The molecule has 0 saturated carbocycles. The minimum Gasteiger partial charge on any atom is -0.469 e. The van der Waals surface area contributed by atoms with E-state index in [0.717, 1.165) is 0 Å². The van der Waals surface area contributed by atoms with Crippen molar-refractivity contribution in [1.29, 1.82) is 0 Å². The Kier molecular flexibility index (Phi) is 3.61. The first-order valence-corrected chi connectivity index (χ1v) is 6.46. The molecule has 1 aromatic heterocycles. The van der Waals surface area contributed by atoms with E-state index in [1.54, 1.807) is 0 Å². The van der Waals surface area contributed by atoms with Gasteiger partial charge in [0.1, 0.15) is 0 Å². The van der Waals surface area contributed by atoms with Gasteiger partial charge in [0.05, 0.1) is 7.11 Å². The number of hydrogen-bond donors (Lipinski definition) is 1. The van der Waals surface area contributed by atoms with Gasteiger partial charge >= 0.3 is 5.97 Å². The molecule has 4 heteroatoms. The quantitative estimate of drug-likeness (QED) is 0.819. The maximum Gasteiger partial charge on any atom is 0.305 e. The van der Waals surface area contributed by atoms with Gasteiger partial charge in [-0.15, -0.1) is 11.3 Å². The molecular formula is C12H17NO2S. The molecule has 0 fully saturated rings. The molecule has 0 spiro atoms. The SMILES string of the molecule is COC(=O)CCC(N)c1cc2c(s1)CCC2. The van der Waals surface area contributed by atoms with Gasteiger partial charge in [0.2, 0.25) is 0 Å². The van der Waals surface area contributed by atoms with E-state index in [1.807, 2.05) is 11.3 Å². The number of hydrogen-bond acceptors (Lipinski definition) is 4. The normalized spacial score (nSPS) is 15.9. The Morgan fingerprint density at radius 3 is 3.12 bits per heavy atom. The predicted molar refractivity (Wildman–Crippen MR) is 64.5 cm³/mol. The van der Waals surface area contributed by atoms with Crippen molar-refractivity contribution in [2.24, 2.45) is 5.73 Å². The number of methoxy groups -OCH3 is 1. The summed E-state index contributed by atoms with van der Waals surface area (Å²) in [5.74, 6) is -0.181. The Bertz CT molecular complexity index is 365. The number of ether oxygens (including phenoxy) is 1. The summed E-state index contributed by atoms with van der Waals surface area (Å²) < 4.78 is 4.61. The molecule has 1 unspecified atom stereocenters. The lowest BCUT2D eigenvalue weighted by molar-refractivity contribution is -0.140. The van der Waals surface area contributed by atoms with Crippen molar-refractivity contribution in [2.75, 3.05) is 7.11 Å². The van der Waals surface area contributed by atoms with E-state index in [4.69, 9.17) is 5.73 Å². The molecule has 0 aliphatic heterocycles. The number of thiophene rings is 1. The van der Waals surface area contributed by atoms with Crippen molar-refractivity contribution in [2.45, 2.75) is 38.1 Å². The van der Waals surface area contributed by atoms with Gasteiger partial charge in [-0.2, -0.15) is 0 Å². The highest BCUT2D eigenvalue weighted by Crippen LogP contribution is 2.34. The van der Waals surface area contributed by atoms with Crippen molar-refractivity contribution in [3.63, 3.8) is 0 Å². The van der Waals surface area contributed by atoms with E-state index in [-0.39, 0.29) is 12.0 Å². The Hall–Kier alpha value is -0.870. The van der Waals surface area contributed by atoms with E-state index in [9.17, 15) is 4.79 Å². The van der Waals surface area contributed by atoms with Gasteiger partial charge in [0.25, 0.3) is 0 Å². The van der Waals surface area contributed by atoms with Crippen molar-refractivity contribution in [3.05, 3.63) is 21.4 Å². The second kappa shape index (κ2) is 4.97. The van der Waals surface area contributed by atoms with Crippen LogP contribution in [-0.2, 0) is 22.4 Å².